The zero-order chi connectivity index (χ0) is 46.4. The molecule has 10 rings (SSSR count). The molecule has 10 aromatic carbocycles. The van der Waals surface area contributed by atoms with Gasteiger partial charge in [-0.3, -0.25) is 0 Å². The number of hydrogen-bond acceptors (Lipinski definition) is 2. The van der Waals surface area contributed by atoms with Crippen LogP contribution in [0.1, 0.15) is 50.7 Å². The Balaban J connectivity index is 0.966. The molecule has 0 unspecified atom stereocenters. The van der Waals surface area contributed by atoms with E-state index in [2.05, 4.69) is 292 Å². The minimum absolute atomic E-state index is 0.423. The second kappa shape index (κ2) is 19.7. The molecule has 0 aliphatic carbocycles. The summed E-state index contributed by atoms with van der Waals surface area (Å²) in [6.45, 7) is 9.13. The van der Waals surface area contributed by atoms with Crippen LogP contribution in [0.2, 0.25) is 0 Å². The highest BCUT2D eigenvalue weighted by Gasteiger charge is 2.18. The molecular formula is C66H56N2. The molecule has 0 fully saturated rings. The van der Waals surface area contributed by atoms with Crippen LogP contribution in [0.5, 0.6) is 0 Å². The summed E-state index contributed by atoms with van der Waals surface area (Å²) in [5.74, 6) is 0.914. The first-order chi connectivity index (χ1) is 33.4. The van der Waals surface area contributed by atoms with Gasteiger partial charge in [-0.25, -0.2) is 0 Å². The van der Waals surface area contributed by atoms with Gasteiger partial charge in [0.15, 0.2) is 0 Å². The van der Waals surface area contributed by atoms with Crippen LogP contribution in [0, 0.1) is 0 Å². The lowest BCUT2D eigenvalue weighted by Gasteiger charge is -2.27. The first kappa shape index (κ1) is 43.7. The van der Waals surface area contributed by atoms with Crippen LogP contribution < -0.4 is 9.80 Å². The van der Waals surface area contributed by atoms with Crippen LogP contribution in [0.3, 0.4) is 0 Å². The molecule has 10 aromatic rings. The van der Waals surface area contributed by atoms with E-state index < -0.39 is 0 Å². The molecule has 0 N–H and O–H groups in total. The van der Waals surface area contributed by atoms with Crippen LogP contribution >= 0.6 is 0 Å². The van der Waals surface area contributed by atoms with Gasteiger partial charge in [-0.2, -0.15) is 0 Å². The van der Waals surface area contributed by atoms with Crippen LogP contribution in [0.15, 0.2) is 255 Å². The topological polar surface area (TPSA) is 6.48 Å². The highest BCUT2D eigenvalue weighted by Crippen LogP contribution is 2.41. The Bertz CT molecular complexity index is 3110. The van der Waals surface area contributed by atoms with Gasteiger partial charge in [0.2, 0.25) is 0 Å². The van der Waals surface area contributed by atoms with E-state index in [4.69, 9.17) is 0 Å². The van der Waals surface area contributed by atoms with E-state index in [1.54, 1.807) is 0 Å². The highest BCUT2D eigenvalue weighted by atomic mass is 15.1. The summed E-state index contributed by atoms with van der Waals surface area (Å²) in [6.07, 6.45) is 0. The zero-order valence-corrected chi connectivity index (χ0v) is 39.3. The van der Waals surface area contributed by atoms with Crippen molar-refractivity contribution in [3.8, 4) is 55.6 Å². The molecule has 0 atom stereocenters. The normalized spacial score (nSPS) is 11.2. The standard InChI is InChI=1S/C66H56N2/c1-47(2)58-32-45-65(66(46-58)48(3)4)57-30-43-64(44-31-57)68(61-37-24-54(25-38-61)51-18-12-7-13-19-51)63-41-28-56(29-42-63)55-26-39-62(40-27-55)67(59-33-20-52(21-34-59)49-14-8-5-9-15-49)60-35-22-53(23-36-60)50-16-10-6-11-17-50/h5-48H,1-4H3. The van der Waals surface area contributed by atoms with Gasteiger partial charge < -0.3 is 9.80 Å². The maximum absolute atomic E-state index is 2.40. The SMILES string of the molecule is CC(C)c1ccc(-c2ccc(N(c3ccc(-c4ccccc4)cc3)c3ccc(-c4ccc(N(c5ccc(-c6ccccc6)cc5)c5ccc(-c6ccccc6)cc5)cc4)cc3)cc2)c(C(C)C)c1. The van der Waals surface area contributed by atoms with Gasteiger partial charge in [-0.05, 0) is 151 Å². The monoisotopic (exact) mass is 876 g/mol. The molecular weight excluding hydrogens is 821 g/mol. The highest BCUT2D eigenvalue weighted by molar-refractivity contribution is 5.84. The summed E-state index contributed by atoms with van der Waals surface area (Å²) in [6, 6.07) is 92.5. The molecule has 0 saturated heterocycles. The van der Waals surface area contributed by atoms with E-state index in [-0.39, 0.29) is 0 Å². The number of rotatable bonds is 13. The summed E-state index contributed by atoms with van der Waals surface area (Å²) in [5, 5.41) is 0. The largest absolute Gasteiger partial charge is 0.311 e. The first-order valence-corrected chi connectivity index (χ1v) is 23.9. The summed E-state index contributed by atoms with van der Waals surface area (Å²) >= 11 is 0. The molecule has 0 amide bonds. The first-order valence-electron chi connectivity index (χ1n) is 23.9. The maximum Gasteiger partial charge on any atom is 0.0462 e. The van der Waals surface area contributed by atoms with Gasteiger partial charge in [-0.15, -0.1) is 0 Å². The molecule has 0 heterocycles. The Kier molecular flexibility index (Phi) is 12.7. The minimum atomic E-state index is 0.423. The second-order valence-corrected chi connectivity index (χ2v) is 18.2. The van der Waals surface area contributed by atoms with Gasteiger partial charge >= 0.3 is 0 Å². The molecule has 330 valence electrons. The average molecular weight is 877 g/mol. The number of benzene rings is 10. The van der Waals surface area contributed by atoms with E-state index in [9.17, 15) is 0 Å². The van der Waals surface area contributed by atoms with Crippen molar-refractivity contribution in [2.75, 3.05) is 9.80 Å². The fraction of sp³-hybridized carbons (Fsp3) is 0.0909. The van der Waals surface area contributed by atoms with Crippen molar-refractivity contribution in [3.05, 3.63) is 266 Å². The lowest BCUT2D eigenvalue weighted by molar-refractivity contribution is 0.835. The number of nitrogens with zero attached hydrogens (tertiary/aromatic N) is 2. The number of anilines is 6. The molecule has 0 aliphatic heterocycles. The Labute approximate surface area is 403 Å². The fourth-order valence-electron chi connectivity index (χ4n) is 9.27. The lowest BCUT2D eigenvalue weighted by atomic mass is 9.88. The van der Waals surface area contributed by atoms with Gasteiger partial charge in [0.25, 0.3) is 0 Å². The smallest absolute Gasteiger partial charge is 0.0462 e. The molecule has 0 aliphatic rings. The minimum Gasteiger partial charge on any atom is -0.311 e. The van der Waals surface area contributed by atoms with Crippen LogP contribution in [-0.2, 0) is 0 Å². The quantitative estimate of drug-likeness (QED) is 0.114. The zero-order valence-electron chi connectivity index (χ0n) is 39.3. The third-order valence-electron chi connectivity index (χ3n) is 13.1. The molecule has 0 aromatic heterocycles. The maximum atomic E-state index is 2.40. The van der Waals surface area contributed by atoms with E-state index in [1.807, 2.05) is 0 Å². The Morgan fingerprint density at radius 2 is 0.485 bits per heavy atom. The molecule has 2 nitrogen and oxygen atoms in total. The van der Waals surface area contributed by atoms with Gasteiger partial charge in [-0.1, -0.05) is 210 Å². The van der Waals surface area contributed by atoms with E-state index in [0.29, 0.717) is 11.8 Å². The third-order valence-corrected chi connectivity index (χ3v) is 13.1. The summed E-state index contributed by atoms with van der Waals surface area (Å²) in [4.78, 5) is 4.70. The van der Waals surface area contributed by atoms with Crippen molar-refractivity contribution in [3.63, 3.8) is 0 Å². The van der Waals surface area contributed by atoms with E-state index >= 15 is 0 Å². The molecule has 0 saturated carbocycles. The molecule has 0 radical (unpaired) electrons. The second-order valence-electron chi connectivity index (χ2n) is 18.2. The number of hydrogen-bond donors (Lipinski definition) is 0. The van der Waals surface area contributed by atoms with Crippen molar-refractivity contribution in [1.29, 1.82) is 0 Å². The Morgan fingerprint density at radius 1 is 0.235 bits per heavy atom. The Morgan fingerprint density at radius 3 is 0.735 bits per heavy atom. The fourth-order valence-corrected chi connectivity index (χ4v) is 9.27. The van der Waals surface area contributed by atoms with Crippen LogP contribution in [0.25, 0.3) is 55.6 Å². The van der Waals surface area contributed by atoms with Gasteiger partial charge in [0, 0.05) is 34.1 Å². The van der Waals surface area contributed by atoms with E-state index in [0.717, 1.165) is 45.3 Å². The molecule has 0 spiro atoms. The molecule has 2 heteroatoms. The Hall–Kier alpha value is -8.20. The summed E-state index contributed by atoms with van der Waals surface area (Å²) in [7, 11) is 0. The summed E-state index contributed by atoms with van der Waals surface area (Å²) < 4.78 is 0. The van der Waals surface area contributed by atoms with Crippen molar-refractivity contribution in [1.82, 2.24) is 0 Å². The predicted octanol–water partition coefficient (Wildman–Crippen LogP) is 19.2. The molecule has 0 bridgehead atoms. The average Bonchev–Trinajstić information content (AvgIpc) is 3.40. The third kappa shape index (κ3) is 9.41. The van der Waals surface area contributed by atoms with Crippen molar-refractivity contribution >= 4 is 34.1 Å². The molecule has 68 heavy (non-hydrogen) atoms. The van der Waals surface area contributed by atoms with Crippen molar-refractivity contribution in [2.45, 2.75) is 39.5 Å². The van der Waals surface area contributed by atoms with Crippen molar-refractivity contribution in [2.24, 2.45) is 0 Å². The van der Waals surface area contributed by atoms with E-state index in [1.165, 1.54) is 55.6 Å². The van der Waals surface area contributed by atoms with Crippen LogP contribution in [-0.4, -0.2) is 0 Å². The lowest BCUT2D eigenvalue weighted by Crippen LogP contribution is -2.10. The van der Waals surface area contributed by atoms with Gasteiger partial charge in [0.1, 0.15) is 0 Å². The predicted molar refractivity (Wildman–Crippen MR) is 291 cm³/mol. The summed E-state index contributed by atoms with van der Waals surface area (Å²) in [5.41, 5.74) is 21.4. The van der Waals surface area contributed by atoms with Crippen LogP contribution in [0.4, 0.5) is 34.1 Å². The van der Waals surface area contributed by atoms with Gasteiger partial charge in [0.05, 0.1) is 0 Å². The van der Waals surface area contributed by atoms with Crippen molar-refractivity contribution < 1.29 is 0 Å².